The van der Waals surface area contributed by atoms with E-state index in [-0.39, 0.29) is 18.8 Å². The predicted octanol–water partition coefficient (Wildman–Crippen LogP) is 1.12. The molecule has 2 aromatic rings. The smallest absolute Gasteiger partial charge is 0.326 e. The van der Waals surface area contributed by atoms with Gasteiger partial charge in [0.15, 0.2) is 0 Å². The van der Waals surface area contributed by atoms with Crippen LogP contribution in [0.25, 0.3) is 0 Å². The van der Waals surface area contributed by atoms with Crippen LogP contribution in [0.1, 0.15) is 44.2 Å². The van der Waals surface area contributed by atoms with Gasteiger partial charge in [-0.1, -0.05) is 80.9 Å². The third-order valence-corrected chi connectivity index (χ3v) is 6.37. The largest absolute Gasteiger partial charge is 0.480 e. The summed E-state index contributed by atoms with van der Waals surface area (Å²) < 4.78 is 0. The van der Waals surface area contributed by atoms with Crippen molar-refractivity contribution >= 4 is 23.7 Å². The number of aliphatic carboxylic acids is 1. The molecule has 0 saturated heterocycles. The second-order valence-electron chi connectivity index (χ2n) is 9.96. The fourth-order valence-electron chi connectivity index (χ4n) is 4.08. The summed E-state index contributed by atoms with van der Waals surface area (Å²) in [5.41, 5.74) is 13.0. The molecule has 0 aliphatic carbocycles. The van der Waals surface area contributed by atoms with Crippen LogP contribution in [-0.4, -0.2) is 59.5 Å². The standard InChI is InChI=1S/C29H41N5O5/c1-19(2)25(34-26(35)22(31)15-9-10-16-30)28(37)32-23(17-20-11-5-3-6-12-20)27(36)33-24(29(38)39)18-21-13-7-4-8-14-21/h3-8,11-14,19,22-25H,9-10,15-18,30-31H2,1-2H3,(H,32,37)(H,33,36)(H,34,35)(H,38,39). The number of rotatable bonds is 16. The molecule has 39 heavy (non-hydrogen) atoms. The van der Waals surface area contributed by atoms with Crippen molar-refractivity contribution in [1.82, 2.24) is 16.0 Å². The van der Waals surface area contributed by atoms with Crippen LogP contribution in [0.15, 0.2) is 60.7 Å². The van der Waals surface area contributed by atoms with Gasteiger partial charge in [-0.15, -0.1) is 0 Å². The predicted molar refractivity (Wildman–Crippen MR) is 149 cm³/mol. The Hall–Kier alpha value is -3.76. The Bertz CT molecular complexity index is 1060. The summed E-state index contributed by atoms with van der Waals surface area (Å²) in [6, 6.07) is 14.0. The number of hydrogen-bond donors (Lipinski definition) is 6. The van der Waals surface area contributed by atoms with Gasteiger partial charge >= 0.3 is 5.97 Å². The van der Waals surface area contributed by atoms with Gasteiger partial charge in [0.1, 0.15) is 18.1 Å². The number of carbonyl (C=O) groups is 4. The van der Waals surface area contributed by atoms with Crippen LogP contribution in [0.3, 0.4) is 0 Å². The molecule has 0 radical (unpaired) electrons. The highest BCUT2D eigenvalue weighted by Crippen LogP contribution is 2.09. The molecular weight excluding hydrogens is 498 g/mol. The number of benzene rings is 2. The lowest BCUT2D eigenvalue weighted by molar-refractivity contribution is -0.142. The van der Waals surface area contributed by atoms with Crippen molar-refractivity contribution in [2.45, 2.75) is 70.1 Å². The number of carboxylic acid groups (broad SMARTS) is 1. The molecule has 0 bridgehead atoms. The van der Waals surface area contributed by atoms with Crippen LogP contribution in [-0.2, 0) is 32.0 Å². The zero-order valence-electron chi connectivity index (χ0n) is 22.6. The SMILES string of the molecule is CC(C)C(NC(=O)C(N)CCCCN)C(=O)NC(Cc1ccccc1)C(=O)NC(Cc1ccccc1)C(=O)O. The van der Waals surface area contributed by atoms with Crippen LogP contribution < -0.4 is 27.4 Å². The van der Waals surface area contributed by atoms with E-state index in [0.717, 1.165) is 17.5 Å². The van der Waals surface area contributed by atoms with Crippen molar-refractivity contribution in [3.05, 3.63) is 71.8 Å². The van der Waals surface area contributed by atoms with Crippen molar-refractivity contribution in [1.29, 1.82) is 0 Å². The van der Waals surface area contributed by atoms with Gasteiger partial charge in [0.2, 0.25) is 17.7 Å². The molecule has 10 heteroatoms. The average molecular weight is 540 g/mol. The Morgan fingerprint density at radius 2 is 1.26 bits per heavy atom. The third-order valence-electron chi connectivity index (χ3n) is 6.37. The van der Waals surface area contributed by atoms with Crippen molar-refractivity contribution in [3.63, 3.8) is 0 Å². The van der Waals surface area contributed by atoms with Crippen molar-refractivity contribution in [2.24, 2.45) is 17.4 Å². The number of carbonyl (C=O) groups excluding carboxylic acids is 3. The molecule has 0 aromatic heterocycles. The number of nitrogens with two attached hydrogens (primary N) is 2. The normalized spacial score (nSPS) is 14.1. The van der Waals surface area contributed by atoms with Gasteiger partial charge in [-0.2, -0.15) is 0 Å². The van der Waals surface area contributed by atoms with E-state index in [1.807, 2.05) is 36.4 Å². The van der Waals surface area contributed by atoms with E-state index in [4.69, 9.17) is 11.5 Å². The Morgan fingerprint density at radius 1 is 0.744 bits per heavy atom. The molecule has 0 aliphatic heterocycles. The summed E-state index contributed by atoms with van der Waals surface area (Å²) in [5, 5.41) is 17.8. The lowest BCUT2D eigenvalue weighted by atomic mass is 9.99. The first kappa shape index (κ1) is 31.5. The summed E-state index contributed by atoms with van der Waals surface area (Å²) in [6.07, 6.45) is 2.09. The van der Waals surface area contributed by atoms with Crippen LogP contribution in [0.4, 0.5) is 0 Å². The van der Waals surface area contributed by atoms with Gasteiger partial charge in [0.25, 0.3) is 0 Å². The number of hydrogen-bond acceptors (Lipinski definition) is 6. The van der Waals surface area contributed by atoms with E-state index in [9.17, 15) is 24.3 Å². The Morgan fingerprint density at radius 3 is 1.74 bits per heavy atom. The zero-order chi connectivity index (χ0) is 28.8. The maximum atomic E-state index is 13.4. The summed E-state index contributed by atoms with van der Waals surface area (Å²) in [6.45, 7) is 4.05. The van der Waals surface area contributed by atoms with Crippen molar-refractivity contribution in [3.8, 4) is 0 Å². The monoisotopic (exact) mass is 539 g/mol. The molecule has 0 saturated carbocycles. The average Bonchev–Trinajstić information content (AvgIpc) is 2.91. The third kappa shape index (κ3) is 10.9. The number of nitrogens with one attached hydrogen (secondary N) is 3. The van der Waals surface area contributed by atoms with E-state index in [1.165, 1.54) is 0 Å². The molecule has 8 N–H and O–H groups in total. The Labute approximate surface area is 229 Å². The minimum atomic E-state index is -1.19. The van der Waals surface area contributed by atoms with Crippen LogP contribution in [0.5, 0.6) is 0 Å². The molecule has 4 atom stereocenters. The van der Waals surface area contributed by atoms with E-state index in [1.54, 1.807) is 38.1 Å². The van der Waals surface area contributed by atoms with E-state index in [2.05, 4.69) is 16.0 Å². The maximum Gasteiger partial charge on any atom is 0.326 e. The van der Waals surface area contributed by atoms with Crippen LogP contribution in [0, 0.1) is 5.92 Å². The summed E-state index contributed by atoms with van der Waals surface area (Å²) >= 11 is 0. The topological polar surface area (TPSA) is 177 Å². The second kappa shape index (κ2) is 16.3. The molecule has 2 aromatic carbocycles. The lowest BCUT2D eigenvalue weighted by Gasteiger charge is -2.27. The summed E-state index contributed by atoms with van der Waals surface area (Å²) in [7, 11) is 0. The second-order valence-corrected chi connectivity index (χ2v) is 9.96. The first-order valence-electron chi connectivity index (χ1n) is 13.3. The highest BCUT2D eigenvalue weighted by atomic mass is 16.4. The van der Waals surface area contributed by atoms with Gasteiger partial charge in [-0.3, -0.25) is 14.4 Å². The van der Waals surface area contributed by atoms with Gasteiger partial charge in [0, 0.05) is 12.8 Å². The van der Waals surface area contributed by atoms with E-state index >= 15 is 0 Å². The molecule has 212 valence electrons. The van der Waals surface area contributed by atoms with Gasteiger partial charge < -0.3 is 32.5 Å². The lowest BCUT2D eigenvalue weighted by Crippen LogP contribution is -2.59. The van der Waals surface area contributed by atoms with Gasteiger partial charge in [-0.25, -0.2) is 4.79 Å². The van der Waals surface area contributed by atoms with Gasteiger partial charge in [0.05, 0.1) is 6.04 Å². The first-order valence-corrected chi connectivity index (χ1v) is 13.3. The fraction of sp³-hybridized carbons (Fsp3) is 0.448. The highest BCUT2D eigenvalue weighted by Gasteiger charge is 2.32. The molecule has 0 fully saturated rings. The number of carboxylic acids is 1. The minimum Gasteiger partial charge on any atom is -0.480 e. The van der Waals surface area contributed by atoms with Crippen molar-refractivity contribution in [2.75, 3.05) is 6.54 Å². The maximum absolute atomic E-state index is 13.4. The first-order chi connectivity index (χ1) is 18.6. The zero-order valence-corrected chi connectivity index (χ0v) is 22.6. The number of amides is 3. The molecule has 3 amide bonds. The molecular formula is C29H41N5O5. The molecule has 4 unspecified atom stereocenters. The quantitative estimate of drug-likeness (QED) is 0.173. The molecule has 0 aliphatic rings. The van der Waals surface area contributed by atoms with Crippen LogP contribution in [0.2, 0.25) is 0 Å². The fourth-order valence-corrected chi connectivity index (χ4v) is 4.08. The highest BCUT2D eigenvalue weighted by molar-refractivity contribution is 5.94. The van der Waals surface area contributed by atoms with E-state index < -0.39 is 47.9 Å². The number of unbranched alkanes of at least 4 members (excludes halogenated alkanes) is 1. The Kier molecular flexibility index (Phi) is 13.1. The molecule has 10 nitrogen and oxygen atoms in total. The summed E-state index contributed by atoms with van der Waals surface area (Å²) in [4.78, 5) is 51.3. The summed E-state index contributed by atoms with van der Waals surface area (Å²) in [5.74, 6) is -3.14. The van der Waals surface area contributed by atoms with Gasteiger partial charge in [-0.05, 0) is 36.4 Å². The van der Waals surface area contributed by atoms with E-state index in [0.29, 0.717) is 19.4 Å². The van der Waals surface area contributed by atoms with Crippen LogP contribution >= 0.6 is 0 Å². The Balaban J connectivity index is 2.18. The molecule has 0 spiro atoms. The molecule has 2 rings (SSSR count). The minimum absolute atomic E-state index is 0.0840. The van der Waals surface area contributed by atoms with Crippen molar-refractivity contribution < 1.29 is 24.3 Å². The molecule has 0 heterocycles.